The van der Waals surface area contributed by atoms with Crippen molar-refractivity contribution in [3.63, 3.8) is 0 Å². The number of aromatic amines is 1. The van der Waals surface area contributed by atoms with Crippen LogP contribution in [0.15, 0.2) is 59.9 Å². The van der Waals surface area contributed by atoms with Crippen LogP contribution in [0.5, 0.6) is 5.75 Å². The van der Waals surface area contributed by atoms with Gasteiger partial charge in [-0.25, -0.2) is 4.98 Å². The number of methoxy groups -OCH3 is 1. The molecule has 3 rings (SSSR count). The molecule has 0 radical (unpaired) electrons. The van der Waals surface area contributed by atoms with Crippen LogP contribution >= 0.6 is 0 Å². The van der Waals surface area contributed by atoms with E-state index in [1.807, 2.05) is 36.4 Å². The first-order valence-corrected chi connectivity index (χ1v) is 8.31. The molecule has 0 saturated heterocycles. The van der Waals surface area contributed by atoms with Crippen LogP contribution in [-0.4, -0.2) is 35.3 Å². The molecule has 0 spiro atoms. The van der Waals surface area contributed by atoms with Crippen LogP contribution in [0.2, 0.25) is 0 Å². The maximum Gasteiger partial charge on any atom is 0.191 e. The fourth-order valence-electron chi connectivity index (χ4n) is 2.61. The predicted octanol–water partition coefficient (Wildman–Crippen LogP) is 2.35. The Bertz CT molecular complexity index is 860. The quantitative estimate of drug-likeness (QED) is 0.469. The molecule has 1 aromatic heterocycles. The van der Waals surface area contributed by atoms with E-state index in [1.165, 1.54) is 6.33 Å². The minimum absolute atomic E-state index is 0.627. The number of ether oxygens (including phenoxy) is 1. The summed E-state index contributed by atoms with van der Waals surface area (Å²) < 4.78 is 5.37. The van der Waals surface area contributed by atoms with E-state index in [1.54, 1.807) is 14.2 Å². The molecule has 0 aliphatic carbocycles. The van der Waals surface area contributed by atoms with Crippen molar-refractivity contribution in [2.24, 2.45) is 4.99 Å². The number of para-hydroxylation sites is 1. The van der Waals surface area contributed by atoms with Crippen LogP contribution in [0.4, 0.5) is 0 Å². The number of nitrogens with one attached hydrogen (secondary N) is 3. The third kappa shape index (κ3) is 4.38. The van der Waals surface area contributed by atoms with Crippen molar-refractivity contribution >= 4 is 5.96 Å². The standard InChI is InChI=1S/C19H22N6O/c1-20-19(22-12-16-7-3-4-9-17(16)26-2)21-11-14-6-5-8-15(10-14)18-23-13-24-25-18/h3-10,13H,11-12H2,1-2H3,(H2,20,21,22)(H,23,24,25). The summed E-state index contributed by atoms with van der Waals surface area (Å²) in [5.74, 6) is 2.33. The van der Waals surface area contributed by atoms with Crippen LogP contribution in [-0.2, 0) is 13.1 Å². The molecule has 0 aliphatic heterocycles. The first kappa shape index (κ1) is 17.5. The zero-order valence-corrected chi connectivity index (χ0v) is 14.9. The summed E-state index contributed by atoms with van der Waals surface area (Å²) >= 11 is 0. The van der Waals surface area contributed by atoms with Gasteiger partial charge in [-0.15, -0.1) is 0 Å². The van der Waals surface area contributed by atoms with Gasteiger partial charge in [-0.3, -0.25) is 10.1 Å². The van der Waals surface area contributed by atoms with E-state index in [9.17, 15) is 0 Å². The summed E-state index contributed by atoms with van der Waals surface area (Å²) in [6, 6.07) is 16.0. The van der Waals surface area contributed by atoms with E-state index < -0.39 is 0 Å². The number of aromatic nitrogens is 3. The summed E-state index contributed by atoms with van der Waals surface area (Å²) in [5, 5.41) is 13.4. The maximum atomic E-state index is 5.37. The molecular formula is C19H22N6O. The zero-order chi connectivity index (χ0) is 18.2. The SMILES string of the molecule is CN=C(NCc1cccc(-c2ncn[nH]2)c1)NCc1ccccc1OC. The van der Waals surface area contributed by atoms with Crippen LogP contribution in [0.3, 0.4) is 0 Å². The number of H-pyrrole nitrogens is 1. The largest absolute Gasteiger partial charge is 0.496 e. The number of hydrogen-bond acceptors (Lipinski definition) is 4. The summed E-state index contributed by atoms with van der Waals surface area (Å²) in [7, 11) is 3.43. The second kappa shape index (κ2) is 8.66. The van der Waals surface area contributed by atoms with Gasteiger partial charge in [-0.05, 0) is 17.7 Å². The maximum absolute atomic E-state index is 5.37. The highest BCUT2D eigenvalue weighted by Gasteiger charge is 2.05. The lowest BCUT2D eigenvalue weighted by atomic mass is 10.1. The van der Waals surface area contributed by atoms with E-state index >= 15 is 0 Å². The summed E-state index contributed by atoms with van der Waals surface area (Å²) in [4.78, 5) is 8.45. The normalized spacial score (nSPS) is 11.2. The monoisotopic (exact) mass is 350 g/mol. The van der Waals surface area contributed by atoms with Gasteiger partial charge in [0.25, 0.3) is 0 Å². The summed E-state index contributed by atoms with van der Waals surface area (Å²) in [6.45, 7) is 1.27. The topological polar surface area (TPSA) is 87.2 Å². The fourth-order valence-corrected chi connectivity index (χ4v) is 2.61. The summed E-state index contributed by atoms with van der Waals surface area (Å²) in [6.07, 6.45) is 1.50. The molecule has 2 aromatic carbocycles. The van der Waals surface area contributed by atoms with Gasteiger partial charge < -0.3 is 15.4 Å². The Morgan fingerprint density at radius 2 is 1.96 bits per heavy atom. The molecule has 26 heavy (non-hydrogen) atoms. The zero-order valence-electron chi connectivity index (χ0n) is 14.9. The smallest absolute Gasteiger partial charge is 0.191 e. The molecule has 7 heteroatoms. The Balaban J connectivity index is 1.58. The Labute approximate surface area is 152 Å². The molecular weight excluding hydrogens is 328 g/mol. The molecule has 0 saturated carbocycles. The molecule has 0 bridgehead atoms. The van der Waals surface area contributed by atoms with Crippen LogP contribution in [0, 0.1) is 0 Å². The molecule has 3 N–H and O–H groups in total. The molecule has 7 nitrogen and oxygen atoms in total. The number of nitrogens with zero attached hydrogens (tertiary/aromatic N) is 3. The third-order valence-electron chi connectivity index (χ3n) is 3.94. The van der Waals surface area contributed by atoms with Crippen LogP contribution < -0.4 is 15.4 Å². The van der Waals surface area contributed by atoms with Gasteiger partial charge in [0.1, 0.15) is 12.1 Å². The van der Waals surface area contributed by atoms with Crippen LogP contribution in [0.25, 0.3) is 11.4 Å². The van der Waals surface area contributed by atoms with Gasteiger partial charge in [0.05, 0.1) is 7.11 Å². The van der Waals surface area contributed by atoms with Gasteiger partial charge in [0, 0.05) is 31.3 Å². The van der Waals surface area contributed by atoms with Gasteiger partial charge in [0.2, 0.25) is 0 Å². The molecule has 3 aromatic rings. The molecule has 0 fully saturated rings. The van der Waals surface area contributed by atoms with E-state index in [4.69, 9.17) is 4.74 Å². The number of benzene rings is 2. The molecule has 0 amide bonds. The highest BCUT2D eigenvalue weighted by Crippen LogP contribution is 2.17. The van der Waals surface area contributed by atoms with E-state index in [-0.39, 0.29) is 0 Å². The van der Waals surface area contributed by atoms with Gasteiger partial charge in [-0.1, -0.05) is 36.4 Å². The third-order valence-corrected chi connectivity index (χ3v) is 3.94. The van der Waals surface area contributed by atoms with Crippen molar-refractivity contribution in [2.45, 2.75) is 13.1 Å². The Hall–Kier alpha value is -3.35. The number of guanidine groups is 1. The van der Waals surface area contributed by atoms with Gasteiger partial charge in [-0.2, -0.15) is 5.10 Å². The van der Waals surface area contributed by atoms with Crippen molar-refractivity contribution in [3.8, 4) is 17.1 Å². The van der Waals surface area contributed by atoms with Crippen molar-refractivity contribution < 1.29 is 4.74 Å². The molecule has 0 atom stereocenters. The first-order valence-electron chi connectivity index (χ1n) is 8.31. The van der Waals surface area contributed by atoms with Crippen molar-refractivity contribution in [1.82, 2.24) is 25.8 Å². The Kier molecular flexibility index (Phi) is 5.82. The molecule has 1 heterocycles. The van der Waals surface area contributed by atoms with E-state index in [2.05, 4.69) is 42.9 Å². The van der Waals surface area contributed by atoms with E-state index in [0.717, 1.165) is 34.2 Å². The lowest BCUT2D eigenvalue weighted by molar-refractivity contribution is 0.409. The highest BCUT2D eigenvalue weighted by molar-refractivity contribution is 5.79. The van der Waals surface area contributed by atoms with E-state index in [0.29, 0.717) is 13.1 Å². The number of aliphatic imine (C=N–C) groups is 1. The average Bonchev–Trinajstić information content (AvgIpc) is 3.23. The Morgan fingerprint density at radius 1 is 1.12 bits per heavy atom. The minimum atomic E-state index is 0.627. The van der Waals surface area contributed by atoms with Crippen molar-refractivity contribution in [2.75, 3.05) is 14.2 Å². The average molecular weight is 350 g/mol. The molecule has 134 valence electrons. The minimum Gasteiger partial charge on any atom is -0.496 e. The fraction of sp³-hybridized carbons (Fsp3) is 0.211. The number of hydrogen-bond donors (Lipinski definition) is 3. The number of rotatable bonds is 6. The second-order valence-corrected chi connectivity index (χ2v) is 5.63. The second-order valence-electron chi connectivity index (χ2n) is 5.63. The van der Waals surface area contributed by atoms with Gasteiger partial charge >= 0.3 is 0 Å². The molecule has 0 aliphatic rings. The summed E-state index contributed by atoms with van der Waals surface area (Å²) in [5.41, 5.74) is 3.20. The van der Waals surface area contributed by atoms with Crippen LogP contribution in [0.1, 0.15) is 11.1 Å². The Morgan fingerprint density at radius 3 is 2.73 bits per heavy atom. The first-order chi connectivity index (χ1) is 12.8. The van der Waals surface area contributed by atoms with Crippen molar-refractivity contribution in [3.05, 3.63) is 66.0 Å². The lowest BCUT2D eigenvalue weighted by Crippen LogP contribution is -2.36. The highest BCUT2D eigenvalue weighted by atomic mass is 16.5. The van der Waals surface area contributed by atoms with Crippen molar-refractivity contribution in [1.29, 1.82) is 0 Å². The predicted molar refractivity (Wildman–Crippen MR) is 102 cm³/mol. The van der Waals surface area contributed by atoms with Gasteiger partial charge in [0.15, 0.2) is 11.8 Å². The lowest BCUT2D eigenvalue weighted by Gasteiger charge is -2.14. The molecule has 0 unspecified atom stereocenters.